The Morgan fingerprint density at radius 2 is 1.90 bits per heavy atom. The van der Waals surface area contributed by atoms with Crippen molar-refractivity contribution in [3.8, 4) is 11.4 Å². The molecule has 0 saturated carbocycles. The van der Waals surface area contributed by atoms with Crippen LogP contribution in [-0.2, 0) is 22.3 Å². The molecule has 2 heterocycles. The highest BCUT2D eigenvalue weighted by atomic mass is 32.2. The molecular weight excluding hydrogens is 386 g/mol. The topological polar surface area (TPSA) is 73.2 Å². The van der Waals surface area contributed by atoms with Crippen molar-refractivity contribution < 1.29 is 13.7 Å². The van der Waals surface area contributed by atoms with Crippen LogP contribution in [0, 0.1) is 0 Å². The summed E-state index contributed by atoms with van der Waals surface area (Å²) in [5, 5.41) is 7.59. The Kier molecular flexibility index (Phi) is 5.76. The van der Waals surface area contributed by atoms with Gasteiger partial charge in [0.2, 0.25) is 0 Å². The minimum Gasteiger partial charge on any atom is -0.494 e. The van der Waals surface area contributed by atoms with Crippen LogP contribution in [0.15, 0.2) is 54.6 Å². The van der Waals surface area contributed by atoms with Crippen molar-refractivity contribution in [3.63, 3.8) is 0 Å². The molecule has 0 fully saturated rings. The second-order valence-electron chi connectivity index (χ2n) is 6.93. The maximum atomic E-state index is 12.9. The van der Waals surface area contributed by atoms with Gasteiger partial charge in [-0.2, -0.15) is 5.10 Å². The highest BCUT2D eigenvalue weighted by Crippen LogP contribution is 2.31. The number of nitrogens with zero attached hydrogens (tertiary/aromatic N) is 2. The summed E-state index contributed by atoms with van der Waals surface area (Å²) >= 11 is 0. The summed E-state index contributed by atoms with van der Waals surface area (Å²) in [6, 6.07) is 16.7. The second kappa shape index (κ2) is 8.61. The zero-order chi connectivity index (χ0) is 20.2. The molecule has 1 amide bonds. The van der Waals surface area contributed by atoms with Gasteiger partial charge in [-0.3, -0.25) is 9.00 Å². The normalized spacial score (nSPS) is 15.1. The number of aromatic nitrogens is 2. The van der Waals surface area contributed by atoms with E-state index in [1.807, 2.05) is 30.3 Å². The third-order valence-electron chi connectivity index (χ3n) is 4.79. The number of nitrogens with one attached hydrogen (secondary N) is 1. The van der Waals surface area contributed by atoms with Crippen LogP contribution >= 0.6 is 0 Å². The zero-order valence-corrected chi connectivity index (χ0v) is 17.1. The summed E-state index contributed by atoms with van der Waals surface area (Å²) in [6.45, 7) is 2.78. The van der Waals surface area contributed by atoms with Crippen LogP contribution in [0.2, 0.25) is 0 Å². The molecule has 0 aliphatic carbocycles. The lowest BCUT2D eigenvalue weighted by atomic mass is 10.2. The molecule has 0 saturated heterocycles. The lowest BCUT2D eigenvalue weighted by Crippen LogP contribution is -2.16. The molecule has 3 aromatic rings. The lowest BCUT2D eigenvalue weighted by Gasteiger charge is -2.11. The smallest absolute Gasteiger partial charge is 0.256 e. The average molecular weight is 410 g/mol. The first-order chi connectivity index (χ1) is 14.2. The van der Waals surface area contributed by atoms with E-state index in [9.17, 15) is 9.00 Å². The predicted molar refractivity (Wildman–Crippen MR) is 114 cm³/mol. The molecule has 1 aliphatic heterocycles. The molecule has 0 radical (unpaired) electrons. The molecule has 0 spiro atoms. The molecule has 2 aromatic carbocycles. The van der Waals surface area contributed by atoms with E-state index in [0.717, 1.165) is 35.5 Å². The van der Waals surface area contributed by atoms with Gasteiger partial charge in [-0.05, 0) is 42.8 Å². The van der Waals surface area contributed by atoms with Crippen molar-refractivity contribution in [3.05, 3.63) is 71.4 Å². The predicted octanol–water partition coefficient (Wildman–Crippen LogP) is 4.07. The summed E-state index contributed by atoms with van der Waals surface area (Å²) in [6.07, 6.45) is 2.07. The van der Waals surface area contributed by atoms with E-state index >= 15 is 0 Å². The van der Waals surface area contributed by atoms with Gasteiger partial charge in [-0.1, -0.05) is 31.5 Å². The number of carbonyl (C=O) groups is 1. The van der Waals surface area contributed by atoms with Crippen LogP contribution in [-0.4, -0.2) is 26.5 Å². The Hall–Kier alpha value is -2.93. The van der Waals surface area contributed by atoms with E-state index in [2.05, 4.69) is 17.3 Å². The SMILES string of the molecule is CCCCOc1ccc(C(=O)Nc2c3c(nn2-c2ccccc2)C[S@@](=O)C3)cc1. The van der Waals surface area contributed by atoms with Crippen molar-refractivity contribution in [2.45, 2.75) is 31.3 Å². The van der Waals surface area contributed by atoms with Crippen LogP contribution in [0.3, 0.4) is 0 Å². The van der Waals surface area contributed by atoms with Gasteiger partial charge >= 0.3 is 0 Å². The second-order valence-corrected chi connectivity index (χ2v) is 8.39. The minimum atomic E-state index is -0.974. The first kappa shape index (κ1) is 19.4. The van der Waals surface area contributed by atoms with Crippen molar-refractivity contribution in [1.29, 1.82) is 0 Å². The summed E-state index contributed by atoms with van der Waals surface area (Å²) in [5.74, 6) is 1.93. The van der Waals surface area contributed by atoms with Gasteiger partial charge in [0.15, 0.2) is 0 Å². The average Bonchev–Trinajstić information content (AvgIpc) is 3.26. The van der Waals surface area contributed by atoms with Crippen molar-refractivity contribution in [2.75, 3.05) is 11.9 Å². The molecule has 150 valence electrons. The number of ether oxygens (including phenoxy) is 1. The largest absolute Gasteiger partial charge is 0.494 e. The fourth-order valence-electron chi connectivity index (χ4n) is 3.23. The summed E-state index contributed by atoms with van der Waals surface area (Å²) in [7, 11) is -0.974. The molecule has 1 atom stereocenters. The van der Waals surface area contributed by atoms with Gasteiger partial charge in [-0.25, -0.2) is 4.68 Å². The van der Waals surface area contributed by atoms with Crippen molar-refractivity contribution >= 4 is 22.5 Å². The fraction of sp³-hybridized carbons (Fsp3) is 0.273. The van der Waals surface area contributed by atoms with Crippen LogP contribution in [0.25, 0.3) is 5.69 Å². The number of fused-ring (bicyclic) bond motifs is 1. The summed E-state index contributed by atoms with van der Waals surface area (Å²) in [4.78, 5) is 12.9. The Morgan fingerprint density at radius 3 is 2.62 bits per heavy atom. The molecule has 6 nitrogen and oxygen atoms in total. The molecule has 1 aromatic heterocycles. The monoisotopic (exact) mass is 409 g/mol. The Labute approximate surface area is 172 Å². The quantitative estimate of drug-likeness (QED) is 0.597. The first-order valence-electron chi connectivity index (χ1n) is 9.71. The maximum Gasteiger partial charge on any atom is 0.256 e. The van der Waals surface area contributed by atoms with Crippen LogP contribution in [0.1, 0.15) is 41.4 Å². The van der Waals surface area contributed by atoms with Gasteiger partial charge in [0.1, 0.15) is 11.6 Å². The number of anilines is 1. The number of benzene rings is 2. The third kappa shape index (κ3) is 4.24. The maximum absolute atomic E-state index is 12.9. The van der Waals surface area contributed by atoms with Crippen molar-refractivity contribution in [2.24, 2.45) is 0 Å². The van der Waals surface area contributed by atoms with E-state index in [0.29, 0.717) is 29.5 Å². The molecule has 1 N–H and O–H groups in total. The summed E-state index contributed by atoms with van der Waals surface area (Å²) in [5.41, 5.74) is 3.01. The minimum absolute atomic E-state index is 0.234. The number of rotatable bonds is 7. The molecule has 0 unspecified atom stereocenters. The van der Waals surface area contributed by atoms with E-state index in [1.165, 1.54) is 0 Å². The van der Waals surface area contributed by atoms with E-state index in [4.69, 9.17) is 4.74 Å². The van der Waals surface area contributed by atoms with Gasteiger partial charge in [0.05, 0.1) is 29.5 Å². The Balaban J connectivity index is 1.57. The van der Waals surface area contributed by atoms with Gasteiger partial charge < -0.3 is 10.1 Å². The number of amides is 1. The molecule has 1 aliphatic rings. The number of carbonyl (C=O) groups excluding carboxylic acids is 1. The zero-order valence-electron chi connectivity index (χ0n) is 16.3. The molecule has 7 heteroatoms. The van der Waals surface area contributed by atoms with Crippen LogP contribution < -0.4 is 10.1 Å². The van der Waals surface area contributed by atoms with E-state index in [1.54, 1.807) is 28.9 Å². The number of hydrogen-bond acceptors (Lipinski definition) is 4. The standard InChI is InChI=1S/C22H23N3O3S/c1-2-3-13-28-18-11-9-16(10-12-18)22(26)23-21-19-14-29(27)15-20(19)24-25(21)17-7-5-4-6-8-17/h4-12H,2-3,13-15H2,1H3,(H,23,26)/t29-/m0/s1. The number of hydrogen-bond donors (Lipinski definition) is 1. The molecule has 29 heavy (non-hydrogen) atoms. The molecular formula is C22H23N3O3S. The van der Waals surface area contributed by atoms with Gasteiger partial charge in [-0.15, -0.1) is 0 Å². The van der Waals surface area contributed by atoms with E-state index < -0.39 is 10.8 Å². The van der Waals surface area contributed by atoms with E-state index in [-0.39, 0.29) is 5.91 Å². The van der Waals surface area contributed by atoms with Crippen LogP contribution in [0.5, 0.6) is 5.75 Å². The molecule has 0 bridgehead atoms. The number of unbranched alkanes of at least 4 members (excludes halogenated alkanes) is 1. The fourth-order valence-corrected chi connectivity index (χ4v) is 4.49. The third-order valence-corrected chi connectivity index (χ3v) is 5.99. The summed E-state index contributed by atoms with van der Waals surface area (Å²) < 4.78 is 19.4. The lowest BCUT2D eigenvalue weighted by molar-refractivity contribution is 0.102. The van der Waals surface area contributed by atoms with Crippen LogP contribution in [0.4, 0.5) is 5.82 Å². The first-order valence-corrected chi connectivity index (χ1v) is 11.2. The van der Waals surface area contributed by atoms with Gasteiger partial charge in [0.25, 0.3) is 5.91 Å². The number of para-hydroxylation sites is 1. The van der Waals surface area contributed by atoms with Crippen molar-refractivity contribution in [1.82, 2.24) is 9.78 Å². The van der Waals surface area contributed by atoms with Gasteiger partial charge in [0, 0.05) is 21.9 Å². The Morgan fingerprint density at radius 1 is 1.14 bits per heavy atom. The highest BCUT2D eigenvalue weighted by molar-refractivity contribution is 7.83. The molecule has 4 rings (SSSR count). The highest BCUT2D eigenvalue weighted by Gasteiger charge is 2.28. The Bertz CT molecular complexity index is 1030.